The number of carbonyl (C=O) groups excluding carboxylic acids is 2. The standard InChI is InChI=1S/C26H31N3O5S2/c1-15-11-16(2)13-29(12-15)25(31)21-22(35-24(28-21)23(30)27-14-26(3,4)32)19-9-10-20(36(33)34)18-8-6-5-7-17(18)19/h5-10,15-16,32H,11-14H2,1-4H3,(H,27,30)(H,33,34). The molecule has 1 fully saturated rings. The van der Waals surface area contributed by atoms with E-state index in [1.807, 2.05) is 12.1 Å². The first kappa shape index (κ1) is 26.4. The lowest BCUT2D eigenvalue weighted by atomic mass is 9.91. The van der Waals surface area contributed by atoms with Gasteiger partial charge in [-0.15, -0.1) is 11.3 Å². The van der Waals surface area contributed by atoms with E-state index in [9.17, 15) is 23.5 Å². The summed E-state index contributed by atoms with van der Waals surface area (Å²) < 4.78 is 21.7. The molecule has 8 nitrogen and oxygen atoms in total. The first-order valence-electron chi connectivity index (χ1n) is 11.9. The van der Waals surface area contributed by atoms with Crippen molar-refractivity contribution in [1.82, 2.24) is 15.2 Å². The largest absolute Gasteiger partial charge is 0.389 e. The molecule has 2 heterocycles. The number of amides is 2. The molecule has 3 atom stereocenters. The van der Waals surface area contributed by atoms with E-state index in [2.05, 4.69) is 24.1 Å². The summed E-state index contributed by atoms with van der Waals surface area (Å²) >= 11 is -1.08. The maximum absolute atomic E-state index is 13.8. The van der Waals surface area contributed by atoms with Crippen molar-refractivity contribution in [2.75, 3.05) is 19.6 Å². The molecule has 2 aromatic carbocycles. The minimum Gasteiger partial charge on any atom is -0.389 e. The van der Waals surface area contributed by atoms with Crippen molar-refractivity contribution in [2.45, 2.75) is 44.6 Å². The lowest BCUT2D eigenvalue weighted by Crippen LogP contribution is -2.43. The molecule has 1 saturated heterocycles. The van der Waals surface area contributed by atoms with Crippen LogP contribution < -0.4 is 5.32 Å². The van der Waals surface area contributed by atoms with Crippen LogP contribution in [0.25, 0.3) is 21.2 Å². The molecular weight excluding hydrogens is 498 g/mol. The highest BCUT2D eigenvalue weighted by molar-refractivity contribution is 7.79. The predicted molar refractivity (Wildman–Crippen MR) is 142 cm³/mol. The molecule has 3 N–H and O–H groups in total. The second-order valence-corrected chi connectivity index (χ2v) is 12.2. The van der Waals surface area contributed by atoms with Crippen molar-refractivity contribution in [2.24, 2.45) is 11.8 Å². The number of hydrogen-bond acceptors (Lipinski definition) is 6. The van der Waals surface area contributed by atoms with Gasteiger partial charge in [-0.1, -0.05) is 44.2 Å². The minimum absolute atomic E-state index is 0.0329. The maximum atomic E-state index is 13.8. The van der Waals surface area contributed by atoms with E-state index >= 15 is 0 Å². The van der Waals surface area contributed by atoms with E-state index in [0.717, 1.165) is 17.8 Å². The average molecular weight is 530 g/mol. The van der Waals surface area contributed by atoms with Crippen LogP contribution in [-0.2, 0) is 11.1 Å². The summed E-state index contributed by atoms with van der Waals surface area (Å²) in [5, 5.41) is 14.1. The Bertz CT molecular complexity index is 1320. The first-order chi connectivity index (χ1) is 16.9. The van der Waals surface area contributed by atoms with E-state index in [1.54, 1.807) is 43.0 Å². The molecule has 3 unspecified atom stereocenters. The number of piperidine rings is 1. The number of carbonyl (C=O) groups is 2. The molecular formula is C26H31N3O5S2. The third kappa shape index (κ3) is 5.67. The fourth-order valence-corrected chi connectivity index (χ4v) is 6.28. The molecule has 192 valence electrons. The van der Waals surface area contributed by atoms with Crippen molar-refractivity contribution in [3.05, 3.63) is 47.1 Å². The molecule has 0 saturated carbocycles. The van der Waals surface area contributed by atoms with Crippen molar-refractivity contribution in [3.63, 3.8) is 0 Å². The van der Waals surface area contributed by atoms with Crippen molar-refractivity contribution >= 4 is 45.0 Å². The third-order valence-corrected chi connectivity index (χ3v) is 8.00. The van der Waals surface area contributed by atoms with Gasteiger partial charge in [0.05, 0.1) is 15.4 Å². The van der Waals surface area contributed by atoms with Gasteiger partial charge in [0.1, 0.15) is 5.69 Å². The molecule has 1 aliphatic heterocycles. The number of benzene rings is 2. The van der Waals surface area contributed by atoms with E-state index < -0.39 is 22.6 Å². The highest BCUT2D eigenvalue weighted by Crippen LogP contribution is 2.38. The topological polar surface area (TPSA) is 120 Å². The Kier molecular flexibility index (Phi) is 7.61. The van der Waals surface area contributed by atoms with Crippen LogP contribution in [0.5, 0.6) is 0 Å². The molecule has 1 aliphatic rings. The van der Waals surface area contributed by atoms with Crippen molar-refractivity contribution in [3.8, 4) is 10.4 Å². The second kappa shape index (κ2) is 10.4. The number of hydrogen-bond donors (Lipinski definition) is 3. The number of nitrogens with zero attached hydrogens (tertiary/aromatic N) is 2. The Labute approximate surface area is 217 Å². The highest BCUT2D eigenvalue weighted by atomic mass is 32.2. The second-order valence-electron chi connectivity index (χ2n) is 10.3. The zero-order valence-corrected chi connectivity index (χ0v) is 22.4. The number of nitrogens with one attached hydrogen (secondary N) is 1. The predicted octanol–water partition coefficient (Wildman–Crippen LogP) is 4.16. The van der Waals surface area contributed by atoms with Gasteiger partial charge in [0, 0.05) is 30.6 Å². The van der Waals surface area contributed by atoms with E-state index in [4.69, 9.17) is 0 Å². The van der Waals surface area contributed by atoms with Gasteiger partial charge >= 0.3 is 0 Å². The molecule has 0 bridgehead atoms. The highest BCUT2D eigenvalue weighted by Gasteiger charge is 2.31. The van der Waals surface area contributed by atoms with Crippen molar-refractivity contribution < 1.29 is 23.5 Å². The molecule has 4 rings (SSSR count). The smallest absolute Gasteiger partial charge is 0.280 e. The van der Waals surface area contributed by atoms with Gasteiger partial charge in [-0.3, -0.25) is 9.59 Å². The van der Waals surface area contributed by atoms with Crippen LogP contribution in [0.1, 0.15) is 54.4 Å². The Hall–Kier alpha value is -2.66. The molecule has 3 aromatic rings. The fourth-order valence-electron chi connectivity index (χ4n) is 4.72. The van der Waals surface area contributed by atoms with Gasteiger partial charge in [-0.2, -0.15) is 0 Å². The van der Waals surface area contributed by atoms with E-state index in [-0.39, 0.29) is 28.0 Å². The third-order valence-electron chi connectivity index (χ3n) is 6.18. The quantitative estimate of drug-likeness (QED) is 0.413. The van der Waals surface area contributed by atoms with Crippen molar-refractivity contribution in [1.29, 1.82) is 0 Å². The monoisotopic (exact) mass is 529 g/mol. The van der Waals surface area contributed by atoms with E-state index in [1.165, 1.54) is 0 Å². The van der Waals surface area contributed by atoms with Crippen LogP contribution in [-0.4, -0.2) is 60.8 Å². The molecule has 0 spiro atoms. The van der Waals surface area contributed by atoms with Gasteiger partial charge in [0.25, 0.3) is 11.8 Å². The first-order valence-corrected chi connectivity index (χ1v) is 13.8. The summed E-state index contributed by atoms with van der Waals surface area (Å²) in [7, 11) is 0. The van der Waals surface area contributed by atoms with Crippen LogP contribution in [0.15, 0.2) is 41.3 Å². The van der Waals surface area contributed by atoms with Crippen LogP contribution in [0.3, 0.4) is 0 Å². The molecule has 10 heteroatoms. The zero-order chi connectivity index (χ0) is 26.2. The summed E-state index contributed by atoms with van der Waals surface area (Å²) in [4.78, 5) is 33.8. The van der Waals surface area contributed by atoms with Crippen LogP contribution >= 0.6 is 11.3 Å². The Balaban J connectivity index is 1.84. The minimum atomic E-state index is -2.18. The normalized spacial score (nSPS) is 19.3. The van der Waals surface area contributed by atoms with Crippen LogP contribution in [0, 0.1) is 11.8 Å². The van der Waals surface area contributed by atoms with E-state index in [0.29, 0.717) is 46.1 Å². The summed E-state index contributed by atoms with van der Waals surface area (Å²) in [5.74, 6) is 0.00301. The molecule has 0 radical (unpaired) electrons. The van der Waals surface area contributed by atoms with Gasteiger partial charge < -0.3 is 19.9 Å². The number of rotatable bonds is 6. The van der Waals surface area contributed by atoms with Gasteiger partial charge in [0.15, 0.2) is 16.1 Å². The fraction of sp³-hybridized carbons (Fsp3) is 0.423. The Morgan fingerprint density at radius 2 is 1.78 bits per heavy atom. The maximum Gasteiger partial charge on any atom is 0.280 e. The Morgan fingerprint density at radius 1 is 1.14 bits per heavy atom. The summed E-state index contributed by atoms with van der Waals surface area (Å²) in [5.41, 5.74) is -0.237. The molecule has 1 aromatic heterocycles. The SMILES string of the molecule is CC1CC(C)CN(C(=O)c2nc(C(=O)NCC(C)(C)O)sc2-c2ccc(S(=O)O)c3ccccc23)C1. The molecule has 0 aliphatic carbocycles. The number of aliphatic hydroxyl groups is 1. The van der Waals surface area contributed by atoms with Gasteiger partial charge in [0.2, 0.25) is 0 Å². The number of fused-ring (bicyclic) bond motifs is 1. The lowest BCUT2D eigenvalue weighted by molar-refractivity contribution is 0.0618. The number of aromatic nitrogens is 1. The van der Waals surface area contributed by atoms with Crippen LogP contribution in [0.4, 0.5) is 0 Å². The molecule has 2 amide bonds. The average Bonchev–Trinajstić information content (AvgIpc) is 3.25. The summed E-state index contributed by atoms with van der Waals surface area (Å²) in [6.07, 6.45) is 1.04. The summed E-state index contributed by atoms with van der Waals surface area (Å²) in [6.45, 7) is 8.68. The summed E-state index contributed by atoms with van der Waals surface area (Å²) in [6, 6.07) is 10.5. The molecule has 36 heavy (non-hydrogen) atoms. The van der Waals surface area contributed by atoms with Crippen LogP contribution in [0.2, 0.25) is 0 Å². The number of likely N-dealkylation sites (tertiary alicyclic amines) is 1. The van der Waals surface area contributed by atoms with Gasteiger partial charge in [-0.05, 0) is 43.6 Å². The zero-order valence-electron chi connectivity index (χ0n) is 20.8. The number of thiazole rings is 1. The van der Waals surface area contributed by atoms with Gasteiger partial charge in [-0.25, -0.2) is 9.19 Å². The lowest BCUT2D eigenvalue weighted by Gasteiger charge is -2.34. The Morgan fingerprint density at radius 3 is 2.39 bits per heavy atom.